The van der Waals surface area contributed by atoms with Crippen molar-refractivity contribution in [3.63, 3.8) is 0 Å². The van der Waals surface area contributed by atoms with E-state index in [1.807, 2.05) is 0 Å². The van der Waals surface area contributed by atoms with Crippen LogP contribution in [0.25, 0.3) is 0 Å². The molecule has 0 heterocycles. The van der Waals surface area contributed by atoms with Crippen LogP contribution in [0.15, 0.2) is 0 Å². The van der Waals surface area contributed by atoms with Crippen molar-refractivity contribution in [1.29, 1.82) is 0 Å². The Hall–Kier alpha value is 0.662. The van der Waals surface area contributed by atoms with Crippen LogP contribution in [0.1, 0.15) is 19.8 Å². The molecule has 0 bridgehead atoms. The molecule has 0 rings (SSSR count). The Labute approximate surface area is 94.8 Å². The van der Waals surface area contributed by atoms with Crippen LogP contribution >= 0.6 is 11.9 Å². The second-order valence-electron chi connectivity index (χ2n) is 2.26. The lowest BCUT2D eigenvalue weighted by Crippen LogP contribution is -2.19. The highest BCUT2D eigenvalue weighted by molar-refractivity contribution is 6.04. The minimum Gasteiger partial charge on any atom is -0.394 e. The van der Waals surface area contributed by atoms with E-state index >= 15 is 0 Å². The summed E-state index contributed by atoms with van der Waals surface area (Å²) in [6.45, 7) is 2.78. The predicted octanol–water partition coefficient (Wildman–Crippen LogP) is -0.895. The molecule has 0 radical (unpaired) electrons. The van der Waals surface area contributed by atoms with Crippen LogP contribution in [0.5, 0.6) is 0 Å². The van der Waals surface area contributed by atoms with Crippen LogP contribution in [0.2, 0.25) is 0 Å². The zero-order valence-corrected chi connectivity index (χ0v) is 8.00. The summed E-state index contributed by atoms with van der Waals surface area (Å²) < 4.78 is 11.5. The van der Waals surface area contributed by atoms with E-state index in [1.165, 1.54) is 0 Å². The number of hydrogen-bond donors (Lipinski definition) is 3. The topological polar surface area (TPSA) is 69.9 Å². The lowest BCUT2D eigenvalue weighted by atomic mass is 10.3. The zero-order valence-electron chi connectivity index (χ0n) is 7.24. The monoisotopic (exact) mass is 230 g/mol. The summed E-state index contributed by atoms with van der Waals surface area (Å²) in [5.41, 5.74) is 0. The molecule has 0 fully saturated rings. The van der Waals surface area contributed by atoms with Crippen LogP contribution in [-0.2, 0) is 4.74 Å². The summed E-state index contributed by atoms with van der Waals surface area (Å²) in [5, 5.41) is 17.1. The first kappa shape index (κ1) is 19.3. The maximum atomic E-state index is 8.78. The van der Waals surface area contributed by atoms with E-state index in [2.05, 4.69) is 18.8 Å². The molecule has 1 atom stereocenters. The normalized spacial score (nSPS) is 10.8. The van der Waals surface area contributed by atoms with Crippen molar-refractivity contribution in [2.75, 3.05) is 19.8 Å². The first-order valence-electron chi connectivity index (χ1n) is 3.84. The molecule has 1 unspecified atom stereocenters. The minimum absolute atomic E-state index is 0. The molecule has 0 saturated carbocycles. The van der Waals surface area contributed by atoms with Crippen LogP contribution < -0.4 is 0 Å². The van der Waals surface area contributed by atoms with Gasteiger partial charge in [0.2, 0.25) is 0 Å². The van der Waals surface area contributed by atoms with Gasteiger partial charge in [0, 0.05) is 6.61 Å². The Balaban J connectivity index is -0.000000309. The SMILES string of the molecule is CCCCOCC(O)CO.OCl.[AlH3]. The number of aliphatic hydroxyl groups excluding tert-OH is 2. The summed E-state index contributed by atoms with van der Waals surface area (Å²) in [7, 11) is 0. The summed E-state index contributed by atoms with van der Waals surface area (Å²) in [6, 6.07) is 0. The third-order valence-corrected chi connectivity index (χ3v) is 1.16. The van der Waals surface area contributed by atoms with Gasteiger partial charge in [-0.15, -0.1) is 0 Å². The van der Waals surface area contributed by atoms with Crippen molar-refractivity contribution in [3.8, 4) is 0 Å². The average Bonchev–Trinajstić information content (AvgIpc) is 2.15. The number of ether oxygens (including phenoxy) is 1. The largest absolute Gasteiger partial charge is 0.394 e. The second-order valence-corrected chi connectivity index (χ2v) is 2.26. The smallest absolute Gasteiger partial charge is 0.187 e. The van der Waals surface area contributed by atoms with Gasteiger partial charge < -0.3 is 14.9 Å². The maximum Gasteiger partial charge on any atom is 0.187 e. The van der Waals surface area contributed by atoms with E-state index in [0.29, 0.717) is 6.61 Å². The zero-order chi connectivity index (χ0) is 9.82. The molecular weight excluding hydrogens is 211 g/mol. The number of hydrogen-bond acceptors (Lipinski definition) is 4. The molecule has 0 spiro atoms. The quantitative estimate of drug-likeness (QED) is 0.409. The molecule has 0 aliphatic rings. The van der Waals surface area contributed by atoms with Gasteiger partial charge >= 0.3 is 0 Å². The highest BCUT2D eigenvalue weighted by Crippen LogP contribution is 1.89. The van der Waals surface area contributed by atoms with Gasteiger partial charge in [0.15, 0.2) is 17.4 Å². The molecule has 0 aliphatic carbocycles. The van der Waals surface area contributed by atoms with Crippen molar-refractivity contribution in [1.82, 2.24) is 0 Å². The third-order valence-electron chi connectivity index (χ3n) is 1.16. The molecule has 0 aromatic heterocycles. The summed E-state index contributed by atoms with van der Waals surface area (Å²) >= 11 is 3.64. The summed E-state index contributed by atoms with van der Waals surface area (Å²) in [5.74, 6) is 0. The van der Waals surface area contributed by atoms with Crippen LogP contribution in [0.3, 0.4) is 0 Å². The van der Waals surface area contributed by atoms with Gasteiger partial charge in [-0.05, 0) is 6.42 Å². The van der Waals surface area contributed by atoms with Gasteiger partial charge in [0.25, 0.3) is 0 Å². The van der Waals surface area contributed by atoms with Gasteiger partial charge in [-0.25, -0.2) is 0 Å². The van der Waals surface area contributed by atoms with Crippen molar-refractivity contribution < 1.29 is 19.6 Å². The number of aliphatic hydroxyl groups is 2. The van der Waals surface area contributed by atoms with E-state index in [0.717, 1.165) is 12.8 Å². The Bertz CT molecular complexity index is 77.5. The fourth-order valence-corrected chi connectivity index (χ4v) is 0.518. The number of unbranched alkanes of at least 4 members (excludes halogenated alkanes) is 1. The minimum atomic E-state index is -0.711. The maximum absolute atomic E-state index is 8.78. The van der Waals surface area contributed by atoms with E-state index in [9.17, 15) is 0 Å². The first-order chi connectivity index (χ1) is 5.81. The van der Waals surface area contributed by atoms with Crippen molar-refractivity contribution >= 4 is 29.2 Å². The van der Waals surface area contributed by atoms with E-state index in [1.54, 1.807) is 0 Å². The second kappa shape index (κ2) is 18.4. The fraction of sp³-hybridized carbons (Fsp3) is 1.00. The predicted molar refractivity (Wildman–Crippen MR) is 56.8 cm³/mol. The van der Waals surface area contributed by atoms with Gasteiger partial charge in [-0.1, -0.05) is 13.3 Å². The Morgan fingerprint density at radius 1 is 1.38 bits per heavy atom. The highest BCUT2D eigenvalue weighted by atomic mass is 35.5. The van der Waals surface area contributed by atoms with Gasteiger partial charge in [0.05, 0.1) is 25.1 Å². The van der Waals surface area contributed by atoms with Crippen LogP contribution in [0.4, 0.5) is 0 Å². The van der Waals surface area contributed by atoms with Crippen LogP contribution in [-0.4, -0.2) is 58.2 Å². The van der Waals surface area contributed by atoms with Gasteiger partial charge in [0.1, 0.15) is 6.10 Å². The van der Waals surface area contributed by atoms with Crippen molar-refractivity contribution in [2.45, 2.75) is 25.9 Å². The van der Waals surface area contributed by atoms with Crippen LogP contribution in [0, 0.1) is 0 Å². The highest BCUT2D eigenvalue weighted by Gasteiger charge is 1.99. The molecule has 4 nitrogen and oxygen atoms in total. The molecule has 0 aliphatic heterocycles. The van der Waals surface area contributed by atoms with E-state index in [-0.39, 0.29) is 30.6 Å². The molecule has 3 N–H and O–H groups in total. The molecule has 82 valence electrons. The molecule has 0 aromatic carbocycles. The summed E-state index contributed by atoms with van der Waals surface area (Å²) in [4.78, 5) is 0. The third kappa shape index (κ3) is 19.2. The first-order valence-corrected chi connectivity index (χ1v) is 4.18. The average molecular weight is 231 g/mol. The van der Waals surface area contributed by atoms with E-state index in [4.69, 9.17) is 19.6 Å². The molecule has 0 saturated heterocycles. The Morgan fingerprint density at radius 3 is 2.31 bits per heavy atom. The van der Waals surface area contributed by atoms with E-state index < -0.39 is 6.10 Å². The van der Waals surface area contributed by atoms with Crippen molar-refractivity contribution in [2.24, 2.45) is 0 Å². The Kier molecular flexibility index (Phi) is 27.3. The molecular formula is C7H20AlClO4. The lowest BCUT2D eigenvalue weighted by Gasteiger charge is -2.06. The molecule has 13 heavy (non-hydrogen) atoms. The van der Waals surface area contributed by atoms with Crippen molar-refractivity contribution in [3.05, 3.63) is 0 Å². The number of halogens is 1. The standard InChI is InChI=1S/C7H16O3.Al.ClHO.3H/c1-2-3-4-10-6-7(9)5-8;;1-2;;;/h7-9H,2-6H2,1H3;;2H;;;. The number of rotatable bonds is 6. The molecule has 0 aromatic rings. The van der Waals surface area contributed by atoms with Gasteiger partial charge in [-0.2, -0.15) is 0 Å². The summed E-state index contributed by atoms with van der Waals surface area (Å²) in [6.07, 6.45) is 1.39. The molecule has 6 heteroatoms. The lowest BCUT2D eigenvalue weighted by molar-refractivity contribution is 0.00557. The Morgan fingerprint density at radius 2 is 1.92 bits per heavy atom. The van der Waals surface area contributed by atoms with Gasteiger partial charge in [-0.3, -0.25) is 4.66 Å². The fourth-order valence-electron chi connectivity index (χ4n) is 0.518. The molecule has 0 amide bonds.